The average Bonchev–Trinajstić information content (AvgIpc) is 2.97. The highest BCUT2D eigenvalue weighted by molar-refractivity contribution is 7.99. The topological polar surface area (TPSA) is 62.3 Å². The van der Waals surface area contributed by atoms with Gasteiger partial charge in [0.1, 0.15) is 5.82 Å². The van der Waals surface area contributed by atoms with E-state index in [2.05, 4.69) is 10.3 Å². The van der Waals surface area contributed by atoms with Crippen molar-refractivity contribution in [1.29, 1.82) is 0 Å². The van der Waals surface area contributed by atoms with Gasteiger partial charge in [0.2, 0.25) is 0 Å². The van der Waals surface area contributed by atoms with Crippen LogP contribution in [0.3, 0.4) is 0 Å². The standard InChI is InChI=1S/C27H20FN3O2S/c28-21-7-3-5-18(13-21)17-31-23-14-20(26(32)30-16-19-6-4-12-29-15-19)10-11-25(23)34-24-9-2-1-8-22(24)27(31)33/h1-15H,16-17H2,(H,30,32). The van der Waals surface area contributed by atoms with Gasteiger partial charge in [-0.05, 0) is 59.7 Å². The van der Waals surface area contributed by atoms with Gasteiger partial charge in [0.05, 0.1) is 17.8 Å². The summed E-state index contributed by atoms with van der Waals surface area (Å²) in [7, 11) is 0. The Morgan fingerprint density at radius 1 is 0.941 bits per heavy atom. The lowest BCUT2D eigenvalue weighted by molar-refractivity contribution is 0.0947. The summed E-state index contributed by atoms with van der Waals surface area (Å²) in [4.78, 5) is 33.9. The fourth-order valence-electron chi connectivity index (χ4n) is 3.82. The summed E-state index contributed by atoms with van der Waals surface area (Å²) in [6, 6.07) is 22.6. The molecule has 1 aliphatic rings. The molecule has 3 aromatic carbocycles. The monoisotopic (exact) mass is 469 g/mol. The minimum Gasteiger partial charge on any atom is -0.348 e. The lowest BCUT2D eigenvalue weighted by Gasteiger charge is -2.24. The molecule has 0 saturated carbocycles. The Bertz CT molecular complexity index is 1380. The molecule has 5 nitrogen and oxygen atoms in total. The number of fused-ring (bicyclic) bond motifs is 2. The molecule has 2 heterocycles. The Labute approximate surface area is 200 Å². The molecular weight excluding hydrogens is 449 g/mol. The van der Waals surface area contributed by atoms with Crippen LogP contribution in [0.1, 0.15) is 31.8 Å². The zero-order valence-electron chi connectivity index (χ0n) is 18.1. The Balaban J connectivity index is 1.50. The predicted octanol–water partition coefficient (Wildman–Crippen LogP) is 5.46. The number of hydrogen-bond donors (Lipinski definition) is 1. The fraction of sp³-hybridized carbons (Fsp3) is 0.0741. The second-order valence-electron chi connectivity index (χ2n) is 7.85. The molecule has 0 fully saturated rings. The van der Waals surface area contributed by atoms with Crippen LogP contribution >= 0.6 is 11.8 Å². The SMILES string of the molecule is O=C(NCc1cccnc1)c1ccc2c(c1)N(Cc1cccc(F)c1)C(=O)c1ccccc1S2. The second kappa shape index (κ2) is 9.49. The number of nitrogens with one attached hydrogen (secondary N) is 1. The van der Waals surface area contributed by atoms with Gasteiger partial charge in [-0.2, -0.15) is 0 Å². The molecule has 0 aliphatic carbocycles. The maximum absolute atomic E-state index is 13.9. The van der Waals surface area contributed by atoms with Crippen molar-refractivity contribution in [3.8, 4) is 0 Å². The van der Waals surface area contributed by atoms with Crippen molar-refractivity contribution < 1.29 is 14.0 Å². The van der Waals surface area contributed by atoms with Crippen LogP contribution in [0.4, 0.5) is 10.1 Å². The first kappa shape index (κ1) is 21.9. The van der Waals surface area contributed by atoms with E-state index in [0.717, 1.165) is 15.4 Å². The summed E-state index contributed by atoms with van der Waals surface area (Å²) in [6.07, 6.45) is 3.38. The third-order valence-electron chi connectivity index (χ3n) is 5.50. The minimum atomic E-state index is -0.363. The van der Waals surface area contributed by atoms with Gasteiger partial charge in [-0.15, -0.1) is 0 Å². The van der Waals surface area contributed by atoms with E-state index in [-0.39, 0.29) is 24.2 Å². The van der Waals surface area contributed by atoms with E-state index in [1.54, 1.807) is 47.6 Å². The first-order valence-corrected chi connectivity index (χ1v) is 11.5. The van der Waals surface area contributed by atoms with Gasteiger partial charge in [0.15, 0.2) is 0 Å². The number of hydrogen-bond acceptors (Lipinski definition) is 4. The largest absolute Gasteiger partial charge is 0.348 e. The van der Waals surface area contributed by atoms with Crippen molar-refractivity contribution in [1.82, 2.24) is 10.3 Å². The maximum Gasteiger partial charge on any atom is 0.259 e. The van der Waals surface area contributed by atoms with E-state index in [1.165, 1.54) is 23.9 Å². The molecule has 0 unspecified atom stereocenters. The number of nitrogens with zero attached hydrogens (tertiary/aromatic N) is 2. The smallest absolute Gasteiger partial charge is 0.259 e. The summed E-state index contributed by atoms with van der Waals surface area (Å²) in [5, 5.41) is 2.90. The average molecular weight is 470 g/mol. The second-order valence-corrected chi connectivity index (χ2v) is 8.93. The van der Waals surface area contributed by atoms with Crippen molar-refractivity contribution in [2.45, 2.75) is 22.9 Å². The van der Waals surface area contributed by atoms with Crippen molar-refractivity contribution >= 4 is 29.3 Å². The number of rotatable bonds is 5. The van der Waals surface area contributed by atoms with E-state index < -0.39 is 0 Å². The van der Waals surface area contributed by atoms with Crippen LogP contribution in [0.5, 0.6) is 0 Å². The molecule has 4 aromatic rings. The van der Waals surface area contributed by atoms with Crippen LogP contribution in [0.25, 0.3) is 0 Å². The van der Waals surface area contributed by atoms with Crippen LogP contribution < -0.4 is 10.2 Å². The third kappa shape index (κ3) is 4.56. The first-order valence-electron chi connectivity index (χ1n) is 10.7. The van der Waals surface area contributed by atoms with E-state index in [1.807, 2.05) is 36.4 Å². The third-order valence-corrected chi connectivity index (χ3v) is 6.64. The first-order chi connectivity index (χ1) is 16.6. The molecule has 5 rings (SSSR count). The van der Waals surface area contributed by atoms with Gasteiger partial charge in [-0.25, -0.2) is 4.39 Å². The molecule has 1 N–H and O–H groups in total. The highest BCUT2D eigenvalue weighted by Crippen LogP contribution is 2.42. The minimum absolute atomic E-state index is 0.180. The molecule has 1 aromatic heterocycles. The summed E-state index contributed by atoms with van der Waals surface area (Å²) in [5.74, 6) is -0.811. The number of aromatic nitrogens is 1. The molecule has 0 bridgehead atoms. The lowest BCUT2D eigenvalue weighted by atomic mass is 10.1. The Hall–Kier alpha value is -3.97. The normalized spacial score (nSPS) is 12.5. The molecule has 0 atom stereocenters. The summed E-state index contributed by atoms with van der Waals surface area (Å²) in [5.41, 5.74) is 3.17. The van der Waals surface area contributed by atoms with Gasteiger partial charge in [0, 0.05) is 34.3 Å². The van der Waals surface area contributed by atoms with Gasteiger partial charge in [-0.3, -0.25) is 14.6 Å². The van der Waals surface area contributed by atoms with Crippen LogP contribution in [0, 0.1) is 5.82 Å². The zero-order valence-corrected chi connectivity index (χ0v) is 18.9. The maximum atomic E-state index is 13.9. The van der Waals surface area contributed by atoms with E-state index in [9.17, 15) is 14.0 Å². The predicted molar refractivity (Wildman–Crippen MR) is 129 cm³/mol. The molecule has 0 spiro atoms. The molecule has 34 heavy (non-hydrogen) atoms. The van der Waals surface area contributed by atoms with Gasteiger partial charge in [-0.1, -0.05) is 42.1 Å². The van der Waals surface area contributed by atoms with Crippen LogP contribution in [-0.2, 0) is 13.1 Å². The van der Waals surface area contributed by atoms with Gasteiger partial charge >= 0.3 is 0 Å². The van der Waals surface area contributed by atoms with E-state index in [0.29, 0.717) is 28.9 Å². The van der Waals surface area contributed by atoms with Crippen LogP contribution in [-0.4, -0.2) is 16.8 Å². The molecule has 2 amide bonds. The number of pyridine rings is 1. The quantitative estimate of drug-likeness (QED) is 0.422. The Morgan fingerprint density at radius 3 is 2.62 bits per heavy atom. The van der Waals surface area contributed by atoms with Crippen molar-refractivity contribution in [3.05, 3.63) is 119 Å². The molecule has 1 aliphatic heterocycles. The highest BCUT2D eigenvalue weighted by atomic mass is 32.2. The van der Waals surface area contributed by atoms with Crippen LogP contribution in [0.2, 0.25) is 0 Å². The lowest BCUT2D eigenvalue weighted by Crippen LogP contribution is -2.31. The highest BCUT2D eigenvalue weighted by Gasteiger charge is 2.28. The van der Waals surface area contributed by atoms with Crippen molar-refractivity contribution in [2.75, 3.05) is 4.90 Å². The number of anilines is 1. The molecule has 7 heteroatoms. The molecule has 168 valence electrons. The fourth-order valence-corrected chi connectivity index (χ4v) is 4.88. The van der Waals surface area contributed by atoms with E-state index in [4.69, 9.17) is 0 Å². The van der Waals surface area contributed by atoms with Crippen molar-refractivity contribution in [3.63, 3.8) is 0 Å². The molecular formula is C27H20FN3O2S. The van der Waals surface area contributed by atoms with E-state index >= 15 is 0 Å². The van der Waals surface area contributed by atoms with Gasteiger partial charge < -0.3 is 10.2 Å². The number of halogens is 1. The van der Waals surface area contributed by atoms with Crippen LogP contribution in [0.15, 0.2) is 101 Å². The molecule has 0 saturated heterocycles. The number of benzene rings is 3. The number of carbonyl (C=O) groups is 2. The molecule has 0 radical (unpaired) electrons. The Kier molecular flexibility index (Phi) is 6.10. The van der Waals surface area contributed by atoms with Gasteiger partial charge in [0.25, 0.3) is 11.8 Å². The zero-order chi connectivity index (χ0) is 23.5. The summed E-state index contributed by atoms with van der Waals surface area (Å²) >= 11 is 1.48. The number of carbonyl (C=O) groups excluding carboxylic acids is 2. The van der Waals surface area contributed by atoms with Crippen molar-refractivity contribution in [2.24, 2.45) is 0 Å². The Morgan fingerprint density at radius 2 is 1.79 bits per heavy atom. The number of amides is 2. The summed E-state index contributed by atoms with van der Waals surface area (Å²) in [6.45, 7) is 0.523. The summed E-state index contributed by atoms with van der Waals surface area (Å²) < 4.78 is 13.9.